The lowest BCUT2D eigenvalue weighted by atomic mass is 9.89. The van der Waals surface area contributed by atoms with Crippen molar-refractivity contribution < 1.29 is 0 Å². The van der Waals surface area contributed by atoms with E-state index in [1.807, 2.05) is 0 Å². The average molecular weight is 299 g/mol. The van der Waals surface area contributed by atoms with Gasteiger partial charge in [0.05, 0.1) is 5.38 Å². The highest BCUT2D eigenvalue weighted by atomic mass is 35.5. The molecule has 1 heteroatoms. The number of aryl methyl sites for hydroxylation is 3. The molecule has 0 aliphatic heterocycles. The van der Waals surface area contributed by atoms with E-state index in [1.54, 1.807) is 0 Å². The number of fused-ring (bicyclic) bond motifs is 1. The lowest BCUT2D eigenvalue weighted by Gasteiger charge is -2.21. The minimum atomic E-state index is 0.143. The monoisotopic (exact) mass is 298 g/mol. The fourth-order valence-corrected chi connectivity index (χ4v) is 4.11. The molecule has 2 aromatic rings. The van der Waals surface area contributed by atoms with Gasteiger partial charge in [-0.3, -0.25) is 0 Å². The molecular weight excluding hydrogens is 276 g/mol. The van der Waals surface area contributed by atoms with Crippen LogP contribution in [0.3, 0.4) is 0 Å². The molecule has 0 saturated carbocycles. The van der Waals surface area contributed by atoms with E-state index >= 15 is 0 Å². The fourth-order valence-electron chi connectivity index (χ4n) is 3.68. The molecule has 2 aromatic carbocycles. The van der Waals surface area contributed by atoms with Gasteiger partial charge in [-0.1, -0.05) is 53.6 Å². The van der Waals surface area contributed by atoms with Crippen LogP contribution < -0.4 is 0 Å². The summed E-state index contributed by atoms with van der Waals surface area (Å²) >= 11 is 6.85. The molecule has 0 fully saturated rings. The zero-order valence-electron chi connectivity index (χ0n) is 12.9. The van der Waals surface area contributed by atoms with Crippen LogP contribution in [-0.2, 0) is 12.8 Å². The third-order valence-corrected chi connectivity index (χ3v) is 5.16. The largest absolute Gasteiger partial charge is 0.117 e. The zero-order chi connectivity index (χ0) is 14.8. The third kappa shape index (κ3) is 3.32. The van der Waals surface area contributed by atoms with Crippen LogP contribution in [0.2, 0.25) is 0 Å². The standard InChI is InChI=1S/C20H23Cl/c1-14-10-15(2)12-16(11-14)13-18-8-5-7-17-6-3-4-9-19(17)20(18)21/h3-4,6,9-12,18,20H,5,7-8,13H2,1-2H3. The molecular formula is C20H23Cl. The smallest absolute Gasteiger partial charge is 0.0619 e. The Morgan fingerprint density at radius 3 is 2.52 bits per heavy atom. The Bertz CT molecular complexity index is 609. The van der Waals surface area contributed by atoms with Crippen molar-refractivity contribution in [3.63, 3.8) is 0 Å². The summed E-state index contributed by atoms with van der Waals surface area (Å²) in [5.41, 5.74) is 6.93. The molecule has 0 bridgehead atoms. The first-order chi connectivity index (χ1) is 10.1. The Morgan fingerprint density at radius 2 is 1.76 bits per heavy atom. The first kappa shape index (κ1) is 14.7. The molecule has 0 amide bonds. The summed E-state index contributed by atoms with van der Waals surface area (Å²) in [6.07, 6.45) is 4.72. The normalized spacial score (nSPS) is 21.7. The minimum absolute atomic E-state index is 0.143. The molecule has 2 unspecified atom stereocenters. The second kappa shape index (κ2) is 6.23. The molecule has 0 radical (unpaired) electrons. The molecule has 0 heterocycles. The van der Waals surface area contributed by atoms with Crippen LogP contribution in [0.5, 0.6) is 0 Å². The SMILES string of the molecule is Cc1cc(C)cc(CC2CCCc3ccccc3C2Cl)c1. The van der Waals surface area contributed by atoms with Crippen molar-refractivity contribution >= 4 is 11.6 Å². The van der Waals surface area contributed by atoms with Crippen LogP contribution in [0.15, 0.2) is 42.5 Å². The zero-order valence-corrected chi connectivity index (χ0v) is 13.7. The van der Waals surface area contributed by atoms with Gasteiger partial charge in [0, 0.05) is 0 Å². The number of halogens is 1. The van der Waals surface area contributed by atoms with E-state index in [9.17, 15) is 0 Å². The maximum absolute atomic E-state index is 6.85. The van der Waals surface area contributed by atoms with Crippen molar-refractivity contribution in [2.45, 2.75) is 44.9 Å². The highest BCUT2D eigenvalue weighted by Crippen LogP contribution is 2.39. The fraction of sp³-hybridized carbons (Fsp3) is 0.400. The average Bonchev–Trinajstić information content (AvgIpc) is 2.59. The van der Waals surface area contributed by atoms with Crippen molar-refractivity contribution in [2.24, 2.45) is 5.92 Å². The third-order valence-electron chi connectivity index (χ3n) is 4.57. The van der Waals surface area contributed by atoms with Gasteiger partial charge in [-0.15, -0.1) is 11.6 Å². The van der Waals surface area contributed by atoms with Crippen LogP contribution in [0.1, 0.15) is 46.0 Å². The summed E-state index contributed by atoms with van der Waals surface area (Å²) in [7, 11) is 0. The molecule has 0 aromatic heterocycles. The summed E-state index contributed by atoms with van der Waals surface area (Å²) in [6.45, 7) is 4.36. The van der Waals surface area contributed by atoms with E-state index in [-0.39, 0.29) is 5.38 Å². The number of hydrogen-bond donors (Lipinski definition) is 0. The lowest BCUT2D eigenvalue weighted by Crippen LogP contribution is -2.11. The molecule has 0 spiro atoms. The summed E-state index contributed by atoms with van der Waals surface area (Å²) in [4.78, 5) is 0. The van der Waals surface area contributed by atoms with Gasteiger partial charge >= 0.3 is 0 Å². The molecule has 0 saturated heterocycles. The van der Waals surface area contributed by atoms with E-state index < -0.39 is 0 Å². The highest BCUT2D eigenvalue weighted by Gasteiger charge is 2.26. The van der Waals surface area contributed by atoms with Crippen LogP contribution >= 0.6 is 11.6 Å². The van der Waals surface area contributed by atoms with Crippen molar-refractivity contribution in [1.29, 1.82) is 0 Å². The molecule has 1 aliphatic carbocycles. The van der Waals surface area contributed by atoms with Gasteiger partial charge < -0.3 is 0 Å². The maximum atomic E-state index is 6.85. The molecule has 21 heavy (non-hydrogen) atoms. The summed E-state index contributed by atoms with van der Waals surface area (Å²) in [5, 5.41) is 0.143. The van der Waals surface area contributed by atoms with E-state index in [2.05, 4.69) is 56.3 Å². The topological polar surface area (TPSA) is 0 Å². The van der Waals surface area contributed by atoms with Crippen molar-refractivity contribution in [3.8, 4) is 0 Å². The Balaban J connectivity index is 1.85. The van der Waals surface area contributed by atoms with Gasteiger partial charge in [-0.05, 0) is 62.1 Å². The molecule has 0 N–H and O–H groups in total. The minimum Gasteiger partial charge on any atom is -0.117 e. The van der Waals surface area contributed by atoms with Gasteiger partial charge in [-0.25, -0.2) is 0 Å². The molecule has 110 valence electrons. The number of hydrogen-bond acceptors (Lipinski definition) is 0. The Morgan fingerprint density at radius 1 is 1.05 bits per heavy atom. The van der Waals surface area contributed by atoms with E-state index in [4.69, 9.17) is 11.6 Å². The van der Waals surface area contributed by atoms with Crippen molar-refractivity contribution in [3.05, 3.63) is 70.3 Å². The summed E-state index contributed by atoms with van der Waals surface area (Å²) in [6, 6.07) is 15.6. The Kier molecular flexibility index (Phi) is 4.35. The number of alkyl halides is 1. The van der Waals surface area contributed by atoms with E-state index in [0.29, 0.717) is 5.92 Å². The van der Waals surface area contributed by atoms with Crippen LogP contribution in [0, 0.1) is 19.8 Å². The van der Waals surface area contributed by atoms with E-state index in [0.717, 1.165) is 6.42 Å². The predicted molar refractivity (Wildman–Crippen MR) is 91.1 cm³/mol. The van der Waals surface area contributed by atoms with Crippen LogP contribution in [-0.4, -0.2) is 0 Å². The van der Waals surface area contributed by atoms with Gasteiger partial charge in [0.1, 0.15) is 0 Å². The van der Waals surface area contributed by atoms with Crippen molar-refractivity contribution in [1.82, 2.24) is 0 Å². The number of benzene rings is 2. The number of rotatable bonds is 2. The lowest BCUT2D eigenvalue weighted by molar-refractivity contribution is 0.465. The highest BCUT2D eigenvalue weighted by molar-refractivity contribution is 6.21. The summed E-state index contributed by atoms with van der Waals surface area (Å²) in [5.74, 6) is 0.538. The van der Waals surface area contributed by atoms with Crippen molar-refractivity contribution in [2.75, 3.05) is 0 Å². The van der Waals surface area contributed by atoms with Crippen LogP contribution in [0.25, 0.3) is 0 Å². The molecule has 1 aliphatic rings. The second-order valence-corrected chi connectivity index (χ2v) is 6.92. The maximum Gasteiger partial charge on any atom is 0.0619 e. The van der Waals surface area contributed by atoms with Gasteiger partial charge in [-0.2, -0.15) is 0 Å². The Hall–Kier alpha value is -1.27. The van der Waals surface area contributed by atoms with E-state index in [1.165, 1.54) is 47.1 Å². The second-order valence-electron chi connectivity index (χ2n) is 6.45. The quantitative estimate of drug-likeness (QED) is 0.487. The molecule has 0 nitrogen and oxygen atoms in total. The molecule has 2 atom stereocenters. The van der Waals surface area contributed by atoms with Crippen LogP contribution in [0.4, 0.5) is 0 Å². The van der Waals surface area contributed by atoms with Gasteiger partial charge in [0.15, 0.2) is 0 Å². The Labute approximate surface area is 133 Å². The summed E-state index contributed by atoms with van der Waals surface area (Å²) < 4.78 is 0. The van der Waals surface area contributed by atoms with Gasteiger partial charge in [0.2, 0.25) is 0 Å². The first-order valence-corrected chi connectivity index (χ1v) is 8.36. The predicted octanol–water partition coefficient (Wildman–Crippen LogP) is 5.78. The first-order valence-electron chi connectivity index (χ1n) is 7.92. The van der Waals surface area contributed by atoms with Gasteiger partial charge in [0.25, 0.3) is 0 Å². The molecule has 3 rings (SSSR count).